The van der Waals surface area contributed by atoms with Crippen molar-refractivity contribution < 1.29 is 4.39 Å². The highest BCUT2D eigenvalue weighted by Crippen LogP contribution is 2.53. The fourth-order valence-corrected chi connectivity index (χ4v) is 4.43. The number of rotatable bonds is 3. The minimum absolute atomic E-state index is 0.271. The van der Waals surface area contributed by atoms with Crippen molar-refractivity contribution in [2.45, 2.75) is 31.6 Å². The Morgan fingerprint density at radius 2 is 2.17 bits per heavy atom. The van der Waals surface area contributed by atoms with Crippen molar-refractivity contribution in [1.29, 1.82) is 0 Å². The van der Waals surface area contributed by atoms with Crippen molar-refractivity contribution in [3.05, 3.63) is 34.6 Å². The van der Waals surface area contributed by atoms with Crippen LogP contribution in [-0.2, 0) is 0 Å². The standard InChI is InChI=1S/C15H19ClFN/c16-15-7-11(17)3-4-12(15)14(8-18)13-6-9-1-2-10(13)5-9/h3-4,7,9-10,13-14H,1-2,5-6,8,18H2. The average Bonchev–Trinajstić information content (AvgIpc) is 2.95. The molecule has 3 rings (SSSR count). The third-order valence-electron chi connectivity index (χ3n) is 4.93. The minimum Gasteiger partial charge on any atom is -0.330 e. The monoisotopic (exact) mass is 267 g/mol. The summed E-state index contributed by atoms with van der Waals surface area (Å²) in [5.41, 5.74) is 7.01. The largest absolute Gasteiger partial charge is 0.330 e. The Kier molecular flexibility index (Phi) is 3.33. The molecule has 2 saturated carbocycles. The molecule has 0 radical (unpaired) electrons. The number of hydrogen-bond acceptors (Lipinski definition) is 1. The highest BCUT2D eigenvalue weighted by Gasteiger charge is 2.43. The van der Waals surface area contributed by atoms with E-state index in [1.54, 1.807) is 0 Å². The molecule has 4 atom stereocenters. The summed E-state index contributed by atoms with van der Waals surface area (Å²) in [6, 6.07) is 4.73. The van der Waals surface area contributed by atoms with E-state index in [-0.39, 0.29) is 5.82 Å². The smallest absolute Gasteiger partial charge is 0.124 e. The molecule has 18 heavy (non-hydrogen) atoms. The lowest BCUT2D eigenvalue weighted by Crippen LogP contribution is -2.26. The molecular formula is C15H19ClFN. The minimum atomic E-state index is -0.271. The van der Waals surface area contributed by atoms with Crippen LogP contribution in [0.25, 0.3) is 0 Å². The number of nitrogens with two attached hydrogens (primary N) is 1. The summed E-state index contributed by atoms with van der Waals surface area (Å²) in [4.78, 5) is 0. The van der Waals surface area contributed by atoms with Crippen LogP contribution in [0.2, 0.25) is 5.02 Å². The maximum absolute atomic E-state index is 13.1. The van der Waals surface area contributed by atoms with E-state index in [1.807, 2.05) is 6.07 Å². The number of fused-ring (bicyclic) bond motifs is 2. The molecule has 2 bridgehead atoms. The fourth-order valence-electron chi connectivity index (χ4n) is 4.12. The van der Waals surface area contributed by atoms with Gasteiger partial charge in [-0.05, 0) is 61.3 Å². The quantitative estimate of drug-likeness (QED) is 0.881. The third kappa shape index (κ3) is 2.06. The summed E-state index contributed by atoms with van der Waals surface area (Å²) in [6.45, 7) is 0.610. The van der Waals surface area contributed by atoms with Crippen LogP contribution < -0.4 is 5.73 Å². The average molecular weight is 268 g/mol. The second kappa shape index (κ2) is 4.82. The van der Waals surface area contributed by atoms with Crippen molar-refractivity contribution in [3.8, 4) is 0 Å². The first-order valence-electron chi connectivity index (χ1n) is 6.84. The molecule has 4 unspecified atom stereocenters. The predicted molar refractivity (Wildman–Crippen MR) is 72.1 cm³/mol. The molecule has 1 aromatic carbocycles. The van der Waals surface area contributed by atoms with E-state index in [0.29, 0.717) is 23.4 Å². The first-order chi connectivity index (χ1) is 8.69. The van der Waals surface area contributed by atoms with Gasteiger partial charge in [-0.25, -0.2) is 4.39 Å². The summed E-state index contributed by atoms with van der Waals surface area (Å²) in [5.74, 6) is 2.38. The topological polar surface area (TPSA) is 26.0 Å². The van der Waals surface area contributed by atoms with Crippen LogP contribution in [-0.4, -0.2) is 6.54 Å². The Bertz CT molecular complexity index is 448. The molecule has 1 nitrogen and oxygen atoms in total. The zero-order valence-electron chi connectivity index (χ0n) is 10.4. The first kappa shape index (κ1) is 12.4. The van der Waals surface area contributed by atoms with Gasteiger partial charge in [0.2, 0.25) is 0 Å². The van der Waals surface area contributed by atoms with Crippen LogP contribution in [0.3, 0.4) is 0 Å². The van der Waals surface area contributed by atoms with Gasteiger partial charge in [-0.15, -0.1) is 0 Å². The van der Waals surface area contributed by atoms with Gasteiger partial charge in [0.1, 0.15) is 5.82 Å². The molecule has 0 aromatic heterocycles. The van der Waals surface area contributed by atoms with E-state index >= 15 is 0 Å². The van der Waals surface area contributed by atoms with Gasteiger partial charge < -0.3 is 5.73 Å². The third-order valence-corrected chi connectivity index (χ3v) is 5.25. The van der Waals surface area contributed by atoms with Gasteiger partial charge in [-0.2, -0.15) is 0 Å². The summed E-state index contributed by atoms with van der Waals surface area (Å²) < 4.78 is 13.1. The van der Waals surface area contributed by atoms with Gasteiger partial charge in [0.05, 0.1) is 0 Å². The molecule has 0 spiro atoms. The Balaban J connectivity index is 1.88. The highest BCUT2D eigenvalue weighted by atomic mass is 35.5. The van der Waals surface area contributed by atoms with Crippen molar-refractivity contribution in [2.24, 2.45) is 23.5 Å². The van der Waals surface area contributed by atoms with Crippen molar-refractivity contribution in [1.82, 2.24) is 0 Å². The second-order valence-electron chi connectivity index (χ2n) is 5.85. The molecule has 2 aliphatic rings. The lowest BCUT2D eigenvalue weighted by atomic mass is 9.76. The Labute approximate surface area is 113 Å². The van der Waals surface area contributed by atoms with E-state index in [2.05, 4.69) is 0 Å². The number of benzene rings is 1. The van der Waals surface area contributed by atoms with Crippen molar-refractivity contribution in [2.75, 3.05) is 6.54 Å². The van der Waals surface area contributed by atoms with E-state index < -0.39 is 0 Å². The molecule has 1 aromatic rings. The van der Waals surface area contributed by atoms with Crippen LogP contribution in [0, 0.1) is 23.6 Å². The molecular weight excluding hydrogens is 249 g/mol. The summed E-state index contributed by atoms with van der Waals surface area (Å²) in [5, 5.41) is 0.535. The molecule has 0 aliphatic heterocycles. The van der Waals surface area contributed by atoms with Crippen LogP contribution in [0.15, 0.2) is 18.2 Å². The van der Waals surface area contributed by atoms with E-state index in [0.717, 1.165) is 17.4 Å². The van der Waals surface area contributed by atoms with Crippen molar-refractivity contribution in [3.63, 3.8) is 0 Å². The Morgan fingerprint density at radius 3 is 2.72 bits per heavy atom. The van der Waals surface area contributed by atoms with E-state index in [9.17, 15) is 4.39 Å². The van der Waals surface area contributed by atoms with Crippen LogP contribution >= 0.6 is 11.6 Å². The van der Waals surface area contributed by atoms with Gasteiger partial charge >= 0.3 is 0 Å². The lowest BCUT2D eigenvalue weighted by molar-refractivity contribution is 0.284. The fraction of sp³-hybridized carbons (Fsp3) is 0.600. The first-order valence-corrected chi connectivity index (χ1v) is 7.22. The van der Waals surface area contributed by atoms with Gasteiger partial charge in [-0.3, -0.25) is 0 Å². The zero-order chi connectivity index (χ0) is 12.7. The summed E-state index contributed by atoms with van der Waals surface area (Å²) >= 11 is 6.19. The van der Waals surface area contributed by atoms with Gasteiger partial charge in [0.15, 0.2) is 0 Å². The SMILES string of the molecule is NCC(c1ccc(F)cc1Cl)C1CC2CCC1C2. The van der Waals surface area contributed by atoms with E-state index in [1.165, 1.54) is 37.8 Å². The molecule has 0 heterocycles. The van der Waals surface area contributed by atoms with Gasteiger partial charge in [0.25, 0.3) is 0 Å². The maximum Gasteiger partial charge on any atom is 0.124 e. The van der Waals surface area contributed by atoms with Crippen molar-refractivity contribution >= 4 is 11.6 Å². The molecule has 2 N–H and O–H groups in total. The van der Waals surface area contributed by atoms with E-state index in [4.69, 9.17) is 17.3 Å². The molecule has 2 aliphatic carbocycles. The second-order valence-corrected chi connectivity index (χ2v) is 6.25. The van der Waals surface area contributed by atoms with Crippen LogP contribution in [0.1, 0.15) is 37.2 Å². The van der Waals surface area contributed by atoms with Gasteiger partial charge in [0, 0.05) is 10.9 Å². The van der Waals surface area contributed by atoms with Gasteiger partial charge in [-0.1, -0.05) is 24.1 Å². The molecule has 98 valence electrons. The maximum atomic E-state index is 13.1. The molecule has 2 fully saturated rings. The summed E-state index contributed by atoms with van der Waals surface area (Å²) in [7, 11) is 0. The lowest BCUT2D eigenvalue weighted by Gasteiger charge is -2.30. The van der Waals surface area contributed by atoms with Crippen LogP contribution in [0.5, 0.6) is 0 Å². The van der Waals surface area contributed by atoms with Crippen LogP contribution in [0.4, 0.5) is 4.39 Å². The predicted octanol–water partition coefficient (Wildman–Crippen LogP) is 3.96. The highest BCUT2D eigenvalue weighted by molar-refractivity contribution is 6.31. The number of halogens is 2. The Morgan fingerprint density at radius 1 is 1.33 bits per heavy atom. The molecule has 0 saturated heterocycles. The molecule has 3 heteroatoms. The number of hydrogen-bond donors (Lipinski definition) is 1. The zero-order valence-corrected chi connectivity index (χ0v) is 11.2. The summed E-state index contributed by atoms with van der Waals surface area (Å²) in [6.07, 6.45) is 5.36. The molecule has 0 amide bonds. The normalized spacial score (nSPS) is 31.8. The Hall–Kier alpha value is -0.600.